The van der Waals surface area contributed by atoms with Gasteiger partial charge in [0.2, 0.25) is 5.91 Å². The largest absolute Gasteiger partial charge is 0.354 e. The van der Waals surface area contributed by atoms with Crippen molar-refractivity contribution in [1.29, 1.82) is 0 Å². The molecule has 0 heterocycles. The smallest absolute Gasteiger partial charge is 0.236 e. The Kier molecular flexibility index (Phi) is 3.59. The van der Waals surface area contributed by atoms with Crippen LogP contribution in [0.3, 0.4) is 0 Å². The first-order valence-electron chi connectivity index (χ1n) is 8.13. The summed E-state index contributed by atoms with van der Waals surface area (Å²) in [5.41, 5.74) is 6.32. The lowest BCUT2D eigenvalue weighted by Crippen LogP contribution is -2.53. The molecule has 1 atom stereocenters. The van der Waals surface area contributed by atoms with Crippen LogP contribution >= 0.6 is 0 Å². The van der Waals surface area contributed by atoms with Crippen LogP contribution in [0.15, 0.2) is 0 Å². The number of hydrogen-bond acceptors (Lipinski definition) is 2. The second-order valence-corrected chi connectivity index (χ2v) is 7.53. The fourth-order valence-corrected chi connectivity index (χ4v) is 5.35. The van der Waals surface area contributed by atoms with Crippen LogP contribution in [0, 0.1) is 23.2 Å². The predicted octanol–water partition coefficient (Wildman–Crippen LogP) is 2.45. The Morgan fingerprint density at radius 3 is 2.21 bits per heavy atom. The summed E-state index contributed by atoms with van der Waals surface area (Å²) in [5.74, 6) is 2.92. The van der Waals surface area contributed by atoms with Gasteiger partial charge in [0.15, 0.2) is 0 Å². The van der Waals surface area contributed by atoms with Crippen LogP contribution in [0.2, 0.25) is 0 Å². The van der Waals surface area contributed by atoms with Crippen LogP contribution in [0.25, 0.3) is 0 Å². The SMILES string of the molecule is CCCC(N)C(=O)NCC12CC3CC(CC(C3)C1)C2. The van der Waals surface area contributed by atoms with Gasteiger partial charge in [-0.1, -0.05) is 13.3 Å². The summed E-state index contributed by atoms with van der Waals surface area (Å²) in [6.07, 6.45) is 10.2. The normalized spacial score (nSPS) is 41.3. The van der Waals surface area contributed by atoms with Crippen LogP contribution in [0.1, 0.15) is 58.3 Å². The maximum atomic E-state index is 12.0. The highest BCUT2D eigenvalue weighted by atomic mass is 16.2. The fraction of sp³-hybridized carbons (Fsp3) is 0.938. The van der Waals surface area contributed by atoms with Gasteiger partial charge in [-0.15, -0.1) is 0 Å². The second-order valence-electron chi connectivity index (χ2n) is 7.53. The predicted molar refractivity (Wildman–Crippen MR) is 76.5 cm³/mol. The number of rotatable bonds is 5. The van der Waals surface area contributed by atoms with Crippen molar-refractivity contribution in [1.82, 2.24) is 5.32 Å². The van der Waals surface area contributed by atoms with Crippen molar-refractivity contribution in [2.24, 2.45) is 28.9 Å². The second kappa shape index (κ2) is 5.08. The molecule has 4 aliphatic rings. The van der Waals surface area contributed by atoms with Gasteiger partial charge in [-0.3, -0.25) is 4.79 Å². The highest BCUT2D eigenvalue weighted by molar-refractivity contribution is 5.81. The van der Waals surface area contributed by atoms with Crippen LogP contribution in [0.5, 0.6) is 0 Å². The first-order chi connectivity index (χ1) is 9.10. The van der Waals surface area contributed by atoms with E-state index in [-0.39, 0.29) is 11.9 Å². The maximum absolute atomic E-state index is 12.0. The molecule has 0 aliphatic heterocycles. The third kappa shape index (κ3) is 2.67. The van der Waals surface area contributed by atoms with Crippen LogP contribution in [-0.2, 0) is 4.79 Å². The van der Waals surface area contributed by atoms with E-state index >= 15 is 0 Å². The maximum Gasteiger partial charge on any atom is 0.236 e. The molecular formula is C16H28N2O. The van der Waals surface area contributed by atoms with Gasteiger partial charge < -0.3 is 11.1 Å². The average Bonchev–Trinajstić information content (AvgIpc) is 2.34. The lowest BCUT2D eigenvalue weighted by atomic mass is 9.49. The number of hydrogen-bond donors (Lipinski definition) is 2. The minimum absolute atomic E-state index is 0.0672. The molecule has 1 unspecified atom stereocenters. The Hall–Kier alpha value is -0.570. The Balaban J connectivity index is 1.56. The number of nitrogens with two attached hydrogens (primary N) is 1. The summed E-state index contributed by atoms with van der Waals surface area (Å²) in [6, 6.07) is -0.307. The minimum Gasteiger partial charge on any atom is -0.354 e. The van der Waals surface area contributed by atoms with E-state index in [9.17, 15) is 4.79 Å². The topological polar surface area (TPSA) is 55.1 Å². The molecule has 4 fully saturated rings. The molecule has 4 aliphatic carbocycles. The van der Waals surface area contributed by atoms with E-state index in [4.69, 9.17) is 5.73 Å². The molecule has 108 valence electrons. The minimum atomic E-state index is -0.307. The molecule has 3 heteroatoms. The Labute approximate surface area is 116 Å². The molecule has 0 spiro atoms. The van der Waals surface area contributed by atoms with E-state index in [0.717, 1.165) is 37.1 Å². The summed E-state index contributed by atoms with van der Waals surface area (Å²) in [4.78, 5) is 12.0. The van der Waals surface area contributed by atoms with Crippen LogP contribution < -0.4 is 11.1 Å². The van der Waals surface area contributed by atoms with Crippen molar-refractivity contribution in [3.8, 4) is 0 Å². The molecule has 4 saturated carbocycles. The zero-order chi connectivity index (χ0) is 13.5. The number of carbonyl (C=O) groups is 1. The standard InChI is InChI=1S/C16H28N2O/c1-2-3-14(17)15(19)18-10-16-7-11-4-12(8-16)6-13(5-11)9-16/h11-14H,2-10,17H2,1H3,(H,18,19). The molecule has 1 amide bonds. The lowest BCUT2D eigenvalue weighted by molar-refractivity contribution is -0.124. The number of carbonyl (C=O) groups excluding carboxylic acids is 1. The molecule has 0 aromatic heterocycles. The molecular weight excluding hydrogens is 236 g/mol. The summed E-state index contributed by atoms with van der Waals surface area (Å²) < 4.78 is 0. The van der Waals surface area contributed by atoms with Crippen molar-refractivity contribution >= 4 is 5.91 Å². The summed E-state index contributed by atoms with van der Waals surface area (Å²) >= 11 is 0. The average molecular weight is 264 g/mol. The lowest BCUT2D eigenvalue weighted by Gasteiger charge is -2.57. The first kappa shape index (κ1) is 13.4. The summed E-state index contributed by atoms with van der Waals surface area (Å²) in [7, 11) is 0. The van der Waals surface area contributed by atoms with Crippen LogP contribution in [0.4, 0.5) is 0 Å². The third-order valence-electron chi connectivity index (χ3n) is 5.74. The van der Waals surface area contributed by atoms with E-state index in [1.54, 1.807) is 0 Å². The van der Waals surface area contributed by atoms with Crippen molar-refractivity contribution in [3.63, 3.8) is 0 Å². The molecule has 0 aromatic carbocycles. The van der Waals surface area contributed by atoms with Gasteiger partial charge in [-0.2, -0.15) is 0 Å². The molecule has 19 heavy (non-hydrogen) atoms. The van der Waals surface area contributed by atoms with E-state index in [1.807, 2.05) is 0 Å². The number of amides is 1. The molecule has 3 N–H and O–H groups in total. The van der Waals surface area contributed by atoms with E-state index in [2.05, 4.69) is 12.2 Å². The van der Waals surface area contributed by atoms with Gasteiger partial charge in [-0.25, -0.2) is 0 Å². The van der Waals surface area contributed by atoms with Crippen molar-refractivity contribution in [3.05, 3.63) is 0 Å². The zero-order valence-electron chi connectivity index (χ0n) is 12.2. The van der Waals surface area contributed by atoms with Crippen LogP contribution in [-0.4, -0.2) is 18.5 Å². The first-order valence-corrected chi connectivity index (χ1v) is 8.13. The molecule has 3 nitrogen and oxygen atoms in total. The van der Waals surface area contributed by atoms with Gasteiger partial charge in [0.05, 0.1) is 6.04 Å². The molecule has 4 bridgehead atoms. The van der Waals surface area contributed by atoms with Crippen molar-refractivity contribution in [2.75, 3.05) is 6.54 Å². The molecule has 0 aromatic rings. The van der Waals surface area contributed by atoms with Crippen molar-refractivity contribution < 1.29 is 4.79 Å². The van der Waals surface area contributed by atoms with Gasteiger partial charge in [0, 0.05) is 6.54 Å². The van der Waals surface area contributed by atoms with E-state index in [0.29, 0.717) is 5.41 Å². The van der Waals surface area contributed by atoms with Gasteiger partial charge in [0.25, 0.3) is 0 Å². The quantitative estimate of drug-likeness (QED) is 0.801. The van der Waals surface area contributed by atoms with E-state index < -0.39 is 0 Å². The molecule has 4 rings (SSSR count). The molecule has 0 saturated heterocycles. The van der Waals surface area contributed by atoms with Crippen molar-refractivity contribution in [2.45, 2.75) is 64.3 Å². The third-order valence-corrected chi connectivity index (χ3v) is 5.74. The highest BCUT2D eigenvalue weighted by Gasteiger charge is 2.50. The van der Waals surface area contributed by atoms with Gasteiger partial charge in [0.1, 0.15) is 0 Å². The Morgan fingerprint density at radius 1 is 1.21 bits per heavy atom. The highest BCUT2D eigenvalue weighted by Crippen LogP contribution is 2.59. The summed E-state index contributed by atoms with van der Waals surface area (Å²) in [5, 5.41) is 3.16. The number of nitrogens with one attached hydrogen (secondary N) is 1. The zero-order valence-corrected chi connectivity index (χ0v) is 12.2. The van der Waals surface area contributed by atoms with Gasteiger partial charge >= 0.3 is 0 Å². The van der Waals surface area contributed by atoms with E-state index in [1.165, 1.54) is 38.5 Å². The monoisotopic (exact) mass is 264 g/mol. The summed E-state index contributed by atoms with van der Waals surface area (Å²) in [6.45, 7) is 2.96. The van der Waals surface area contributed by atoms with Gasteiger partial charge in [-0.05, 0) is 68.1 Å². The Morgan fingerprint density at radius 2 is 1.74 bits per heavy atom. The Bertz CT molecular complexity index is 317. The fourth-order valence-electron chi connectivity index (χ4n) is 5.35. The molecule has 0 radical (unpaired) electrons.